The Morgan fingerprint density at radius 3 is 2.48 bits per heavy atom. The molecule has 0 unspecified atom stereocenters. The van der Waals surface area contributed by atoms with E-state index >= 15 is 0 Å². The summed E-state index contributed by atoms with van der Waals surface area (Å²) in [5.74, 6) is -0.376. The number of thiazole rings is 1. The second-order valence-electron chi connectivity index (χ2n) is 10.7. The molecule has 0 radical (unpaired) electrons. The van der Waals surface area contributed by atoms with Gasteiger partial charge in [0.25, 0.3) is 5.01 Å². The number of aromatic nitrogens is 1. The van der Waals surface area contributed by atoms with Crippen molar-refractivity contribution in [3.8, 4) is 0 Å². The summed E-state index contributed by atoms with van der Waals surface area (Å²) < 4.78 is 37.6. The lowest BCUT2D eigenvalue weighted by Crippen LogP contribution is -2.36. The molecule has 0 saturated carbocycles. The molecular weight excluding hydrogens is 605 g/mol. The Bertz CT molecular complexity index is 2030. The fourth-order valence-electron chi connectivity index (χ4n) is 5.58. The first-order valence-electron chi connectivity index (χ1n) is 14.9. The number of hydrogen-bond donors (Lipinski definition) is 0. The van der Waals surface area contributed by atoms with Crippen molar-refractivity contribution in [2.75, 3.05) is 17.2 Å². The molecule has 2 heterocycles. The topological polar surface area (TPSA) is 64.3 Å². The Morgan fingerprint density at radius 1 is 0.932 bits per heavy atom. The molecular formula is C36H34N2O3S3. The van der Waals surface area contributed by atoms with E-state index in [9.17, 15) is 13.0 Å². The van der Waals surface area contributed by atoms with E-state index < -0.39 is 10.1 Å². The van der Waals surface area contributed by atoms with Crippen molar-refractivity contribution in [1.29, 1.82) is 0 Å². The van der Waals surface area contributed by atoms with Crippen molar-refractivity contribution >= 4 is 78.1 Å². The zero-order valence-corrected chi connectivity index (χ0v) is 27.2. The highest BCUT2D eigenvalue weighted by Crippen LogP contribution is 2.47. The average Bonchev–Trinajstić information content (AvgIpc) is 3.56. The molecule has 5 nitrogen and oxygen atoms in total. The van der Waals surface area contributed by atoms with Crippen molar-refractivity contribution < 1.29 is 17.5 Å². The molecule has 5 aromatic rings. The van der Waals surface area contributed by atoms with E-state index in [4.69, 9.17) is 0 Å². The monoisotopic (exact) mass is 638 g/mol. The van der Waals surface area contributed by atoms with Crippen molar-refractivity contribution in [2.24, 2.45) is 0 Å². The van der Waals surface area contributed by atoms with Gasteiger partial charge in [-0.05, 0) is 65.8 Å². The molecule has 0 saturated heterocycles. The molecule has 0 N–H and O–H groups in total. The van der Waals surface area contributed by atoms with E-state index in [-0.39, 0.29) is 12.2 Å². The minimum Gasteiger partial charge on any atom is -0.748 e. The highest BCUT2D eigenvalue weighted by atomic mass is 32.2. The Balaban J connectivity index is 1.35. The fourth-order valence-corrected chi connectivity index (χ4v) is 8.50. The maximum atomic E-state index is 11.4. The Hall–Kier alpha value is -3.69. The van der Waals surface area contributed by atoms with Gasteiger partial charge in [0.1, 0.15) is 4.70 Å². The van der Waals surface area contributed by atoms with Crippen LogP contribution in [-0.4, -0.2) is 25.3 Å². The molecule has 6 rings (SSSR count). The molecule has 1 aliphatic rings. The summed E-state index contributed by atoms with van der Waals surface area (Å²) in [6, 6.07) is 29.5. The van der Waals surface area contributed by atoms with Crippen molar-refractivity contribution in [1.82, 2.24) is 0 Å². The molecule has 0 spiro atoms. The number of thioether (sulfide) groups is 1. The van der Waals surface area contributed by atoms with E-state index in [1.54, 1.807) is 23.1 Å². The molecule has 224 valence electrons. The van der Waals surface area contributed by atoms with Crippen LogP contribution in [0.25, 0.3) is 39.2 Å². The van der Waals surface area contributed by atoms with Gasteiger partial charge in [0.15, 0.2) is 6.54 Å². The lowest BCUT2D eigenvalue weighted by molar-refractivity contribution is -0.667. The highest BCUT2D eigenvalue weighted by molar-refractivity contribution is 8.03. The highest BCUT2D eigenvalue weighted by Gasteiger charge is 2.25. The number of allylic oxidation sites excluding steroid dienone is 2. The Kier molecular flexibility index (Phi) is 9.05. The van der Waals surface area contributed by atoms with Gasteiger partial charge in [-0.3, -0.25) is 0 Å². The summed E-state index contributed by atoms with van der Waals surface area (Å²) >= 11 is 3.49. The molecule has 1 aliphatic heterocycles. The summed E-state index contributed by atoms with van der Waals surface area (Å²) in [5.41, 5.74) is 5.83. The van der Waals surface area contributed by atoms with Crippen LogP contribution in [0.4, 0.5) is 5.69 Å². The number of hydrogen-bond acceptors (Lipinski definition) is 6. The number of fused-ring (bicyclic) bond motifs is 4. The summed E-state index contributed by atoms with van der Waals surface area (Å²) in [4.78, 5) is 3.60. The van der Waals surface area contributed by atoms with Gasteiger partial charge in [0, 0.05) is 29.7 Å². The third kappa shape index (κ3) is 6.69. The van der Waals surface area contributed by atoms with Crippen LogP contribution in [0, 0.1) is 0 Å². The van der Waals surface area contributed by atoms with Gasteiger partial charge in [-0.1, -0.05) is 103 Å². The quantitative estimate of drug-likeness (QED) is 0.0870. The number of aryl methyl sites for hydroxylation is 1. The van der Waals surface area contributed by atoms with Crippen LogP contribution in [-0.2, 0) is 16.7 Å². The summed E-state index contributed by atoms with van der Waals surface area (Å²) in [5, 5.41) is 4.49. The fraction of sp³-hybridized carbons (Fsp3) is 0.194. The van der Waals surface area contributed by atoms with Gasteiger partial charge in [-0.2, -0.15) is 4.57 Å². The van der Waals surface area contributed by atoms with Gasteiger partial charge >= 0.3 is 0 Å². The number of rotatable bonds is 10. The first-order chi connectivity index (χ1) is 21.3. The van der Waals surface area contributed by atoms with Crippen LogP contribution in [0.15, 0.2) is 107 Å². The average molecular weight is 639 g/mol. The largest absolute Gasteiger partial charge is 0.748 e. The van der Waals surface area contributed by atoms with Gasteiger partial charge in [0.2, 0.25) is 5.52 Å². The first-order valence-corrected chi connectivity index (χ1v) is 18.1. The molecule has 0 fully saturated rings. The van der Waals surface area contributed by atoms with Crippen LogP contribution in [0.2, 0.25) is 0 Å². The molecule has 0 amide bonds. The number of anilines is 1. The summed E-state index contributed by atoms with van der Waals surface area (Å²) in [6.07, 6.45) is 9.92. The molecule has 0 aliphatic carbocycles. The van der Waals surface area contributed by atoms with Crippen LogP contribution in [0.1, 0.15) is 42.8 Å². The lowest BCUT2D eigenvalue weighted by Gasteiger charge is -2.18. The summed E-state index contributed by atoms with van der Waals surface area (Å²) in [6.45, 7) is 5.66. The van der Waals surface area contributed by atoms with Crippen molar-refractivity contribution in [3.05, 3.63) is 118 Å². The van der Waals surface area contributed by atoms with Gasteiger partial charge in [0.05, 0.1) is 26.2 Å². The third-order valence-corrected chi connectivity index (χ3v) is 10.7. The Morgan fingerprint density at radius 2 is 1.70 bits per heavy atom. The predicted molar refractivity (Wildman–Crippen MR) is 186 cm³/mol. The van der Waals surface area contributed by atoms with Crippen molar-refractivity contribution in [3.63, 3.8) is 0 Å². The van der Waals surface area contributed by atoms with Gasteiger partial charge < -0.3 is 9.45 Å². The molecule has 4 aromatic carbocycles. The maximum absolute atomic E-state index is 11.4. The van der Waals surface area contributed by atoms with Gasteiger partial charge in [-0.25, -0.2) is 8.42 Å². The van der Waals surface area contributed by atoms with Crippen LogP contribution in [0.3, 0.4) is 0 Å². The third-order valence-electron chi connectivity index (χ3n) is 7.76. The normalized spacial score (nSPS) is 14.8. The molecule has 0 bridgehead atoms. The maximum Gasteiger partial charge on any atom is 0.263 e. The number of benzene rings is 4. The summed E-state index contributed by atoms with van der Waals surface area (Å²) in [7, 11) is -4.28. The smallest absolute Gasteiger partial charge is 0.263 e. The van der Waals surface area contributed by atoms with Crippen LogP contribution < -0.4 is 9.47 Å². The SMILES string of the molecule is CCC(=Cc1sc2ccc3ccccc3c2[n+]1CCCS(=O)(=O)[O-])C=C1Sc2cc(C=Cc3ccccc3)ccc2N1CC. The Labute approximate surface area is 267 Å². The van der Waals surface area contributed by atoms with Crippen LogP contribution >= 0.6 is 23.1 Å². The second kappa shape index (κ2) is 13.1. The van der Waals surface area contributed by atoms with E-state index in [2.05, 4.69) is 102 Å². The molecule has 0 atom stereocenters. The zero-order chi connectivity index (χ0) is 30.7. The van der Waals surface area contributed by atoms with Gasteiger partial charge in [-0.15, -0.1) is 0 Å². The first kappa shape index (κ1) is 30.3. The standard InChI is InChI=1S/C36H34N2O3S3/c1-3-26(24-34-37(4-2)31-19-17-28(23-33(31)43-34)16-15-27-11-6-5-7-12-27)25-35-38(21-10-22-44(39,40)41)36-30-14-9-8-13-29(30)18-20-32(36)42-35/h5-9,11-20,23-25H,3-4,10,21-22H2,1-2H3. The lowest BCUT2D eigenvalue weighted by atomic mass is 10.1. The molecule has 8 heteroatoms. The minimum absolute atomic E-state index is 0.269. The molecule has 1 aromatic heterocycles. The predicted octanol–water partition coefficient (Wildman–Crippen LogP) is 8.71. The van der Waals surface area contributed by atoms with E-state index in [0.717, 1.165) is 39.0 Å². The van der Waals surface area contributed by atoms with Crippen molar-refractivity contribution in [2.45, 2.75) is 38.1 Å². The van der Waals surface area contributed by atoms with Crippen LogP contribution in [0.5, 0.6) is 0 Å². The van der Waals surface area contributed by atoms with E-state index in [1.807, 2.05) is 30.3 Å². The number of nitrogens with zero attached hydrogens (tertiary/aromatic N) is 2. The molecule has 44 heavy (non-hydrogen) atoms. The second-order valence-corrected chi connectivity index (χ2v) is 14.4. The van der Waals surface area contributed by atoms with E-state index in [1.165, 1.54) is 32.3 Å². The van der Waals surface area contributed by atoms with E-state index in [0.29, 0.717) is 6.54 Å². The minimum atomic E-state index is -4.28. The zero-order valence-electron chi connectivity index (χ0n) is 24.8.